The van der Waals surface area contributed by atoms with Gasteiger partial charge in [-0.3, -0.25) is 4.68 Å². The Bertz CT molecular complexity index is 546. The number of carboxylic acid groups (broad SMARTS) is 1. The maximum Gasteiger partial charge on any atom is 0.335 e. The summed E-state index contributed by atoms with van der Waals surface area (Å²) in [6.07, 6.45) is 3.44. The Labute approximate surface area is 92.1 Å². The van der Waals surface area contributed by atoms with Crippen LogP contribution in [0.15, 0.2) is 30.6 Å². The lowest BCUT2D eigenvalue weighted by atomic mass is 10.0. The van der Waals surface area contributed by atoms with E-state index in [4.69, 9.17) is 10.8 Å². The maximum atomic E-state index is 10.8. The van der Waals surface area contributed by atoms with Crippen LogP contribution in [0.25, 0.3) is 11.1 Å². The minimum Gasteiger partial charge on any atom is -0.478 e. The van der Waals surface area contributed by atoms with Gasteiger partial charge in [0.25, 0.3) is 0 Å². The highest BCUT2D eigenvalue weighted by Gasteiger charge is 2.09. The smallest absolute Gasteiger partial charge is 0.335 e. The summed E-state index contributed by atoms with van der Waals surface area (Å²) in [6, 6.07) is 4.62. The normalized spacial score (nSPS) is 10.3. The minimum absolute atomic E-state index is 0.216. The highest BCUT2D eigenvalue weighted by atomic mass is 16.4. The number of benzene rings is 1. The minimum atomic E-state index is -0.967. The zero-order chi connectivity index (χ0) is 11.7. The van der Waals surface area contributed by atoms with Gasteiger partial charge in [-0.25, -0.2) is 4.79 Å². The fraction of sp³-hybridized carbons (Fsp3) is 0.0909. The molecule has 5 heteroatoms. The summed E-state index contributed by atoms with van der Waals surface area (Å²) in [4.78, 5) is 10.8. The summed E-state index contributed by atoms with van der Waals surface area (Å²) >= 11 is 0. The summed E-state index contributed by atoms with van der Waals surface area (Å²) in [5, 5.41) is 12.9. The summed E-state index contributed by atoms with van der Waals surface area (Å²) in [6.45, 7) is 0. The van der Waals surface area contributed by atoms with Gasteiger partial charge in [0.1, 0.15) is 0 Å². The van der Waals surface area contributed by atoms with Crippen LogP contribution < -0.4 is 5.73 Å². The number of anilines is 1. The van der Waals surface area contributed by atoms with E-state index >= 15 is 0 Å². The Balaban J connectivity index is 2.55. The van der Waals surface area contributed by atoms with E-state index < -0.39 is 5.97 Å². The molecule has 2 rings (SSSR count). The molecule has 0 aliphatic rings. The number of aromatic carboxylic acids is 1. The Morgan fingerprint density at radius 2 is 2.25 bits per heavy atom. The van der Waals surface area contributed by atoms with E-state index in [9.17, 15) is 4.79 Å². The average Bonchev–Trinajstić information content (AvgIpc) is 2.65. The van der Waals surface area contributed by atoms with E-state index in [0.29, 0.717) is 11.3 Å². The first-order chi connectivity index (χ1) is 7.58. The highest BCUT2D eigenvalue weighted by Crippen LogP contribution is 2.26. The largest absolute Gasteiger partial charge is 0.478 e. The monoisotopic (exact) mass is 217 g/mol. The van der Waals surface area contributed by atoms with Crippen molar-refractivity contribution in [3.8, 4) is 11.1 Å². The van der Waals surface area contributed by atoms with Crippen molar-refractivity contribution >= 4 is 11.7 Å². The van der Waals surface area contributed by atoms with Crippen molar-refractivity contribution in [1.29, 1.82) is 0 Å². The molecule has 1 heterocycles. The van der Waals surface area contributed by atoms with Gasteiger partial charge in [0.15, 0.2) is 0 Å². The van der Waals surface area contributed by atoms with Crippen molar-refractivity contribution in [2.45, 2.75) is 0 Å². The SMILES string of the molecule is Cn1cc(-c2cc(C(=O)O)ccc2N)cn1. The molecular weight excluding hydrogens is 206 g/mol. The number of rotatable bonds is 2. The third-order valence-electron chi connectivity index (χ3n) is 2.32. The lowest BCUT2D eigenvalue weighted by Gasteiger charge is -2.04. The fourth-order valence-corrected chi connectivity index (χ4v) is 1.50. The predicted molar refractivity (Wildman–Crippen MR) is 60.0 cm³/mol. The number of nitrogens with zero attached hydrogens (tertiary/aromatic N) is 2. The van der Waals surface area contributed by atoms with Crippen molar-refractivity contribution in [2.75, 3.05) is 5.73 Å². The van der Waals surface area contributed by atoms with Crippen molar-refractivity contribution in [3.05, 3.63) is 36.2 Å². The van der Waals surface area contributed by atoms with Crippen molar-refractivity contribution in [2.24, 2.45) is 7.05 Å². The zero-order valence-corrected chi connectivity index (χ0v) is 8.71. The van der Waals surface area contributed by atoms with Crippen LogP contribution in [0.3, 0.4) is 0 Å². The molecule has 0 unspecified atom stereocenters. The molecule has 0 radical (unpaired) electrons. The van der Waals surface area contributed by atoms with Crippen LogP contribution >= 0.6 is 0 Å². The van der Waals surface area contributed by atoms with Gasteiger partial charge in [0, 0.05) is 30.1 Å². The van der Waals surface area contributed by atoms with Gasteiger partial charge < -0.3 is 10.8 Å². The summed E-state index contributed by atoms with van der Waals surface area (Å²) < 4.78 is 1.64. The molecule has 1 aromatic carbocycles. The molecule has 0 aliphatic heterocycles. The first kappa shape index (κ1) is 10.2. The highest BCUT2D eigenvalue weighted by molar-refractivity contribution is 5.91. The zero-order valence-electron chi connectivity index (χ0n) is 8.71. The van der Waals surface area contributed by atoms with E-state index in [-0.39, 0.29) is 5.56 Å². The molecule has 2 aromatic rings. The Morgan fingerprint density at radius 3 is 2.81 bits per heavy atom. The standard InChI is InChI=1S/C11H11N3O2/c1-14-6-8(5-13-14)9-4-7(11(15)16)2-3-10(9)12/h2-6H,12H2,1H3,(H,15,16). The van der Waals surface area contributed by atoms with Crippen molar-refractivity contribution < 1.29 is 9.90 Å². The number of aromatic nitrogens is 2. The topological polar surface area (TPSA) is 81.1 Å². The number of nitrogens with two attached hydrogens (primary N) is 1. The molecule has 0 saturated heterocycles. The molecule has 0 aliphatic carbocycles. The van der Waals surface area contributed by atoms with E-state index in [1.54, 1.807) is 36.3 Å². The second-order valence-corrected chi connectivity index (χ2v) is 3.51. The van der Waals surface area contributed by atoms with Crippen LogP contribution in [0.2, 0.25) is 0 Å². The van der Waals surface area contributed by atoms with E-state index in [1.165, 1.54) is 6.07 Å². The molecule has 82 valence electrons. The predicted octanol–water partition coefficient (Wildman–Crippen LogP) is 1.37. The molecule has 3 N–H and O–H groups in total. The maximum absolute atomic E-state index is 10.8. The lowest BCUT2D eigenvalue weighted by Crippen LogP contribution is -1.98. The van der Waals surface area contributed by atoms with Gasteiger partial charge >= 0.3 is 5.97 Å². The quantitative estimate of drug-likeness (QED) is 0.744. The number of hydrogen-bond donors (Lipinski definition) is 2. The third-order valence-corrected chi connectivity index (χ3v) is 2.32. The molecule has 0 saturated carbocycles. The van der Waals surface area contributed by atoms with E-state index in [0.717, 1.165) is 5.56 Å². The van der Waals surface area contributed by atoms with Crippen molar-refractivity contribution in [1.82, 2.24) is 9.78 Å². The Kier molecular flexibility index (Phi) is 2.36. The number of nitrogen functional groups attached to an aromatic ring is 1. The molecule has 0 spiro atoms. The lowest BCUT2D eigenvalue weighted by molar-refractivity contribution is 0.0697. The van der Waals surface area contributed by atoms with Crippen LogP contribution in [-0.2, 0) is 7.05 Å². The molecule has 1 aromatic heterocycles. The molecule has 0 bridgehead atoms. The molecule has 0 amide bonds. The molecule has 16 heavy (non-hydrogen) atoms. The van der Waals surface area contributed by atoms with Crippen LogP contribution in [0.4, 0.5) is 5.69 Å². The first-order valence-electron chi connectivity index (χ1n) is 4.70. The third kappa shape index (κ3) is 1.75. The van der Waals surface area contributed by atoms with Gasteiger partial charge in [-0.2, -0.15) is 5.10 Å². The van der Waals surface area contributed by atoms with Crippen LogP contribution in [-0.4, -0.2) is 20.9 Å². The first-order valence-corrected chi connectivity index (χ1v) is 4.70. The van der Waals surface area contributed by atoms with Gasteiger partial charge in [-0.15, -0.1) is 0 Å². The molecule has 0 fully saturated rings. The number of aryl methyl sites for hydroxylation is 1. The second kappa shape index (κ2) is 3.69. The Hall–Kier alpha value is -2.30. The molecule has 0 atom stereocenters. The van der Waals surface area contributed by atoms with Gasteiger partial charge in [-0.1, -0.05) is 0 Å². The number of carboxylic acids is 1. The fourth-order valence-electron chi connectivity index (χ4n) is 1.50. The van der Waals surface area contributed by atoms with Crippen LogP contribution in [0.1, 0.15) is 10.4 Å². The van der Waals surface area contributed by atoms with E-state index in [2.05, 4.69) is 5.10 Å². The molecule has 5 nitrogen and oxygen atoms in total. The Morgan fingerprint density at radius 1 is 1.50 bits per heavy atom. The van der Waals surface area contributed by atoms with Crippen molar-refractivity contribution in [3.63, 3.8) is 0 Å². The van der Waals surface area contributed by atoms with Gasteiger partial charge in [-0.05, 0) is 18.2 Å². The van der Waals surface area contributed by atoms with Crippen LogP contribution in [0, 0.1) is 0 Å². The summed E-state index contributed by atoms with van der Waals surface area (Å²) in [7, 11) is 1.79. The van der Waals surface area contributed by atoms with Crippen LogP contribution in [0.5, 0.6) is 0 Å². The van der Waals surface area contributed by atoms with Gasteiger partial charge in [0.05, 0.1) is 11.8 Å². The summed E-state index contributed by atoms with van der Waals surface area (Å²) in [5.41, 5.74) is 8.05. The van der Waals surface area contributed by atoms with E-state index in [1.807, 2.05) is 0 Å². The van der Waals surface area contributed by atoms with Gasteiger partial charge in [0.2, 0.25) is 0 Å². The molecular formula is C11H11N3O2. The number of hydrogen-bond acceptors (Lipinski definition) is 3. The average molecular weight is 217 g/mol. The second-order valence-electron chi connectivity index (χ2n) is 3.51. The number of carbonyl (C=O) groups is 1. The summed E-state index contributed by atoms with van der Waals surface area (Å²) in [5.74, 6) is -0.967.